The second-order valence-electron chi connectivity index (χ2n) is 4.43. The van der Waals surface area contributed by atoms with Crippen LogP contribution < -0.4 is 0 Å². The third-order valence-corrected chi connectivity index (χ3v) is 3.77. The Morgan fingerprint density at radius 1 is 1.33 bits per heavy atom. The van der Waals surface area contributed by atoms with Crippen LogP contribution >= 0.6 is 22.6 Å². The highest BCUT2D eigenvalue weighted by Gasteiger charge is 2.16. The monoisotopic (exact) mass is 355 g/mol. The van der Waals surface area contributed by atoms with Crippen molar-refractivity contribution in [1.82, 2.24) is 14.8 Å². The summed E-state index contributed by atoms with van der Waals surface area (Å²) in [5.41, 5.74) is 1.06. The van der Waals surface area contributed by atoms with Crippen LogP contribution in [0.5, 0.6) is 0 Å². The van der Waals surface area contributed by atoms with Gasteiger partial charge in [-0.15, -0.1) is 0 Å². The van der Waals surface area contributed by atoms with Crippen molar-refractivity contribution < 1.29 is 4.74 Å². The highest BCUT2D eigenvalue weighted by atomic mass is 127. The quantitative estimate of drug-likeness (QED) is 0.795. The minimum absolute atomic E-state index is 0.302. The molecular weight excluding hydrogens is 341 g/mol. The van der Waals surface area contributed by atoms with E-state index in [1.54, 1.807) is 6.33 Å². The number of nitrogens with zero attached hydrogens (tertiary/aromatic N) is 3. The molecule has 1 aromatic carbocycles. The number of ether oxygens (including phenoxy) is 1. The van der Waals surface area contributed by atoms with E-state index in [9.17, 15) is 0 Å². The van der Waals surface area contributed by atoms with Crippen LogP contribution in [0.3, 0.4) is 0 Å². The average molecular weight is 355 g/mol. The zero-order chi connectivity index (χ0) is 12.4. The van der Waals surface area contributed by atoms with Gasteiger partial charge < -0.3 is 4.74 Å². The molecule has 0 amide bonds. The lowest BCUT2D eigenvalue weighted by molar-refractivity contribution is 0.0939. The first-order valence-corrected chi connectivity index (χ1v) is 7.16. The van der Waals surface area contributed by atoms with E-state index in [-0.39, 0.29) is 0 Å². The van der Waals surface area contributed by atoms with Gasteiger partial charge >= 0.3 is 0 Å². The maximum absolute atomic E-state index is 5.60. The Balaban J connectivity index is 1.74. The topological polar surface area (TPSA) is 39.9 Å². The molecule has 0 spiro atoms. The number of halogens is 1. The van der Waals surface area contributed by atoms with E-state index in [2.05, 4.69) is 44.8 Å². The molecular formula is C13H14IN3O. The molecule has 1 aliphatic heterocycles. The van der Waals surface area contributed by atoms with E-state index < -0.39 is 0 Å². The van der Waals surface area contributed by atoms with E-state index in [0.29, 0.717) is 6.10 Å². The molecule has 2 heterocycles. The summed E-state index contributed by atoms with van der Waals surface area (Å²) in [5, 5.41) is 4.50. The SMILES string of the molecule is Ic1ccc(-c2ncn(CC3CCCO3)n2)cc1. The molecule has 1 fully saturated rings. The molecule has 0 saturated carbocycles. The van der Waals surface area contributed by atoms with E-state index in [4.69, 9.17) is 4.74 Å². The largest absolute Gasteiger partial charge is 0.376 e. The smallest absolute Gasteiger partial charge is 0.181 e. The number of hydrogen-bond acceptors (Lipinski definition) is 3. The zero-order valence-electron chi connectivity index (χ0n) is 9.92. The Kier molecular flexibility index (Phi) is 3.60. The second kappa shape index (κ2) is 5.36. The van der Waals surface area contributed by atoms with Gasteiger partial charge in [-0.3, -0.25) is 0 Å². The second-order valence-corrected chi connectivity index (χ2v) is 5.68. The van der Waals surface area contributed by atoms with Gasteiger partial charge in [0.2, 0.25) is 0 Å². The van der Waals surface area contributed by atoms with Gasteiger partial charge in [0.05, 0.1) is 12.6 Å². The minimum atomic E-state index is 0.302. The van der Waals surface area contributed by atoms with Crippen molar-refractivity contribution in [3.8, 4) is 11.4 Å². The van der Waals surface area contributed by atoms with Crippen molar-refractivity contribution in [2.75, 3.05) is 6.61 Å². The van der Waals surface area contributed by atoms with Crippen LogP contribution in [0.15, 0.2) is 30.6 Å². The van der Waals surface area contributed by atoms with Crippen molar-refractivity contribution in [3.05, 3.63) is 34.2 Å². The van der Waals surface area contributed by atoms with Gasteiger partial charge in [-0.05, 0) is 47.6 Å². The summed E-state index contributed by atoms with van der Waals surface area (Å²) < 4.78 is 8.69. The highest BCUT2D eigenvalue weighted by molar-refractivity contribution is 14.1. The van der Waals surface area contributed by atoms with E-state index in [1.807, 2.05) is 16.8 Å². The molecule has 0 bridgehead atoms. The summed E-state index contributed by atoms with van der Waals surface area (Å²) in [6.07, 6.45) is 4.37. The van der Waals surface area contributed by atoms with Gasteiger partial charge in [0.25, 0.3) is 0 Å². The summed E-state index contributed by atoms with van der Waals surface area (Å²) in [4.78, 5) is 4.35. The maximum Gasteiger partial charge on any atom is 0.181 e. The molecule has 0 radical (unpaired) electrons. The Morgan fingerprint density at radius 3 is 2.89 bits per heavy atom. The Hall–Kier alpha value is -0.950. The molecule has 4 nitrogen and oxygen atoms in total. The number of benzene rings is 1. The molecule has 1 unspecified atom stereocenters. The molecule has 94 valence electrons. The standard InChI is InChI=1S/C13H14IN3O/c14-11-5-3-10(4-6-11)13-15-9-17(16-13)8-12-2-1-7-18-12/h3-6,9,12H,1-2,7-8H2. The highest BCUT2D eigenvalue weighted by Crippen LogP contribution is 2.17. The molecule has 1 aliphatic rings. The van der Waals surface area contributed by atoms with Crippen LogP contribution in [0.4, 0.5) is 0 Å². The normalized spacial score (nSPS) is 19.3. The minimum Gasteiger partial charge on any atom is -0.376 e. The van der Waals surface area contributed by atoms with Crippen LogP contribution in [-0.2, 0) is 11.3 Å². The van der Waals surface area contributed by atoms with Gasteiger partial charge in [0.1, 0.15) is 6.33 Å². The fourth-order valence-electron chi connectivity index (χ4n) is 2.11. The molecule has 3 rings (SSSR count). The van der Waals surface area contributed by atoms with Crippen LogP contribution in [0.1, 0.15) is 12.8 Å². The zero-order valence-corrected chi connectivity index (χ0v) is 12.1. The molecule has 5 heteroatoms. The van der Waals surface area contributed by atoms with Crippen molar-refractivity contribution in [2.45, 2.75) is 25.5 Å². The molecule has 1 saturated heterocycles. The van der Waals surface area contributed by atoms with Crippen molar-refractivity contribution in [1.29, 1.82) is 0 Å². The van der Waals surface area contributed by atoms with E-state index in [0.717, 1.165) is 37.4 Å². The first-order valence-electron chi connectivity index (χ1n) is 6.08. The van der Waals surface area contributed by atoms with Crippen molar-refractivity contribution in [3.63, 3.8) is 0 Å². The number of hydrogen-bond donors (Lipinski definition) is 0. The predicted octanol–water partition coefficient (Wildman–Crippen LogP) is 2.73. The number of aromatic nitrogens is 3. The summed E-state index contributed by atoms with van der Waals surface area (Å²) in [5.74, 6) is 0.782. The van der Waals surface area contributed by atoms with Gasteiger partial charge in [0.15, 0.2) is 5.82 Å². The summed E-state index contributed by atoms with van der Waals surface area (Å²) in [6.45, 7) is 1.68. The van der Waals surface area contributed by atoms with E-state index >= 15 is 0 Å². The molecule has 1 aromatic heterocycles. The molecule has 0 aliphatic carbocycles. The van der Waals surface area contributed by atoms with Gasteiger partial charge in [0, 0.05) is 15.7 Å². The third kappa shape index (κ3) is 2.72. The lowest BCUT2D eigenvalue weighted by Crippen LogP contribution is -2.15. The predicted molar refractivity (Wildman–Crippen MR) is 77.1 cm³/mol. The Bertz CT molecular complexity index is 517. The van der Waals surface area contributed by atoms with Gasteiger partial charge in [-0.2, -0.15) is 5.10 Å². The van der Waals surface area contributed by atoms with E-state index in [1.165, 1.54) is 3.57 Å². The molecule has 1 atom stereocenters. The fraction of sp³-hybridized carbons (Fsp3) is 0.385. The van der Waals surface area contributed by atoms with Crippen LogP contribution in [0.2, 0.25) is 0 Å². The van der Waals surface area contributed by atoms with Crippen LogP contribution in [0, 0.1) is 3.57 Å². The Labute approximate surface area is 120 Å². The van der Waals surface area contributed by atoms with Crippen LogP contribution in [0.25, 0.3) is 11.4 Å². The summed E-state index contributed by atoms with van der Waals surface area (Å²) in [6, 6.07) is 8.23. The van der Waals surface area contributed by atoms with Crippen molar-refractivity contribution in [2.24, 2.45) is 0 Å². The van der Waals surface area contributed by atoms with Gasteiger partial charge in [-0.1, -0.05) is 12.1 Å². The first kappa shape index (κ1) is 12.1. The number of rotatable bonds is 3. The lowest BCUT2D eigenvalue weighted by Gasteiger charge is -2.07. The summed E-state index contributed by atoms with van der Waals surface area (Å²) >= 11 is 2.29. The van der Waals surface area contributed by atoms with Crippen LogP contribution in [-0.4, -0.2) is 27.5 Å². The molecule has 18 heavy (non-hydrogen) atoms. The Morgan fingerprint density at radius 2 is 2.17 bits per heavy atom. The maximum atomic E-state index is 5.60. The third-order valence-electron chi connectivity index (χ3n) is 3.05. The molecule has 0 N–H and O–H groups in total. The van der Waals surface area contributed by atoms with Crippen molar-refractivity contribution >= 4 is 22.6 Å². The molecule has 2 aromatic rings. The first-order chi connectivity index (χ1) is 8.81. The summed E-state index contributed by atoms with van der Waals surface area (Å²) in [7, 11) is 0. The average Bonchev–Trinajstić information content (AvgIpc) is 3.02. The fourth-order valence-corrected chi connectivity index (χ4v) is 2.47. The van der Waals surface area contributed by atoms with Gasteiger partial charge in [-0.25, -0.2) is 9.67 Å². The lowest BCUT2D eigenvalue weighted by atomic mass is 10.2.